The van der Waals surface area contributed by atoms with Gasteiger partial charge in [0.2, 0.25) is 0 Å². The van der Waals surface area contributed by atoms with Crippen LogP contribution in [0, 0.1) is 0 Å². The molecular formula is C17H13BrN2O. The van der Waals surface area contributed by atoms with E-state index >= 15 is 0 Å². The zero-order chi connectivity index (χ0) is 14.2. The standard InChI is InChI=1S/C17H13BrN2O/c18-12-5-6-15-11(9-12)10-16(21-15)13-3-1-2-4-14(13)17-19-7-8-20-17/h1-6,9-10H,7-8H2,(H,19,20). The van der Waals surface area contributed by atoms with E-state index in [4.69, 9.17) is 4.42 Å². The van der Waals surface area contributed by atoms with Gasteiger partial charge >= 0.3 is 0 Å². The van der Waals surface area contributed by atoms with E-state index in [-0.39, 0.29) is 0 Å². The third kappa shape index (κ3) is 2.25. The highest BCUT2D eigenvalue weighted by Crippen LogP contribution is 2.31. The molecule has 0 saturated carbocycles. The normalized spacial score (nSPS) is 14.2. The van der Waals surface area contributed by atoms with Crippen molar-refractivity contribution in [3.63, 3.8) is 0 Å². The van der Waals surface area contributed by atoms with Gasteiger partial charge in [-0.2, -0.15) is 0 Å². The van der Waals surface area contributed by atoms with Crippen molar-refractivity contribution < 1.29 is 4.42 Å². The number of furan rings is 1. The minimum atomic E-state index is 0.830. The highest BCUT2D eigenvalue weighted by molar-refractivity contribution is 9.10. The van der Waals surface area contributed by atoms with Crippen molar-refractivity contribution >= 4 is 32.7 Å². The van der Waals surface area contributed by atoms with Crippen LogP contribution in [0.5, 0.6) is 0 Å². The number of halogens is 1. The van der Waals surface area contributed by atoms with Gasteiger partial charge in [0.15, 0.2) is 0 Å². The Morgan fingerprint density at radius 1 is 1.05 bits per heavy atom. The molecule has 104 valence electrons. The molecule has 0 amide bonds. The molecule has 2 aromatic carbocycles. The van der Waals surface area contributed by atoms with Gasteiger partial charge in [0, 0.05) is 27.5 Å². The second kappa shape index (κ2) is 5.04. The molecule has 4 heteroatoms. The van der Waals surface area contributed by atoms with Crippen molar-refractivity contribution in [2.45, 2.75) is 0 Å². The first-order valence-corrected chi connectivity index (χ1v) is 7.68. The maximum Gasteiger partial charge on any atom is 0.136 e. The van der Waals surface area contributed by atoms with Gasteiger partial charge in [-0.15, -0.1) is 0 Å². The van der Waals surface area contributed by atoms with Gasteiger partial charge in [0.1, 0.15) is 17.2 Å². The second-order valence-electron chi connectivity index (χ2n) is 5.00. The van der Waals surface area contributed by atoms with Gasteiger partial charge in [0.05, 0.1) is 6.54 Å². The van der Waals surface area contributed by atoms with Crippen molar-refractivity contribution in [2.24, 2.45) is 4.99 Å². The van der Waals surface area contributed by atoms with Gasteiger partial charge in [-0.25, -0.2) is 0 Å². The number of amidine groups is 1. The van der Waals surface area contributed by atoms with E-state index in [1.165, 1.54) is 0 Å². The average molecular weight is 341 g/mol. The lowest BCUT2D eigenvalue weighted by atomic mass is 10.0. The van der Waals surface area contributed by atoms with Crippen molar-refractivity contribution in [3.8, 4) is 11.3 Å². The molecule has 3 aromatic rings. The van der Waals surface area contributed by atoms with E-state index < -0.39 is 0 Å². The monoisotopic (exact) mass is 340 g/mol. The summed E-state index contributed by atoms with van der Waals surface area (Å²) in [5.74, 6) is 1.82. The fourth-order valence-corrected chi connectivity index (χ4v) is 3.01. The number of rotatable bonds is 2. The molecule has 0 unspecified atom stereocenters. The Hall–Kier alpha value is -2.07. The summed E-state index contributed by atoms with van der Waals surface area (Å²) in [4.78, 5) is 4.52. The first-order valence-electron chi connectivity index (χ1n) is 6.88. The summed E-state index contributed by atoms with van der Waals surface area (Å²) in [5.41, 5.74) is 3.05. The molecule has 0 fully saturated rings. The van der Waals surface area contributed by atoms with Gasteiger partial charge in [-0.05, 0) is 24.3 Å². The maximum absolute atomic E-state index is 6.01. The number of fused-ring (bicyclic) bond motifs is 1. The molecule has 0 spiro atoms. The smallest absolute Gasteiger partial charge is 0.136 e. The SMILES string of the molecule is Brc1ccc2oc(-c3ccccc3C3=NCCN3)cc2c1. The topological polar surface area (TPSA) is 37.5 Å². The van der Waals surface area contributed by atoms with Crippen molar-refractivity contribution in [3.05, 3.63) is 58.6 Å². The lowest BCUT2D eigenvalue weighted by Gasteiger charge is -2.07. The van der Waals surface area contributed by atoms with Crippen LogP contribution in [-0.4, -0.2) is 18.9 Å². The van der Waals surface area contributed by atoms with Gasteiger partial charge < -0.3 is 9.73 Å². The highest BCUT2D eigenvalue weighted by atomic mass is 79.9. The lowest BCUT2D eigenvalue weighted by molar-refractivity contribution is 0.631. The Morgan fingerprint density at radius 3 is 2.71 bits per heavy atom. The Labute approximate surface area is 130 Å². The fourth-order valence-electron chi connectivity index (χ4n) is 2.63. The molecule has 0 radical (unpaired) electrons. The highest BCUT2D eigenvalue weighted by Gasteiger charge is 2.16. The second-order valence-corrected chi connectivity index (χ2v) is 5.91. The zero-order valence-corrected chi connectivity index (χ0v) is 12.9. The summed E-state index contributed by atoms with van der Waals surface area (Å²) in [6.45, 7) is 1.73. The number of benzene rings is 2. The number of nitrogens with zero attached hydrogens (tertiary/aromatic N) is 1. The Bertz CT molecular complexity index is 851. The molecule has 1 aliphatic rings. The summed E-state index contributed by atoms with van der Waals surface area (Å²) in [6.07, 6.45) is 0. The minimum Gasteiger partial charge on any atom is -0.456 e. The van der Waals surface area contributed by atoms with E-state index in [1.54, 1.807) is 0 Å². The molecule has 3 nitrogen and oxygen atoms in total. The van der Waals surface area contributed by atoms with Gasteiger partial charge in [-0.3, -0.25) is 4.99 Å². The van der Waals surface area contributed by atoms with E-state index in [0.29, 0.717) is 0 Å². The molecule has 21 heavy (non-hydrogen) atoms. The van der Waals surface area contributed by atoms with Crippen LogP contribution in [0.3, 0.4) is 0 Å². The van der Waals surface area contributed by atoms with E-state index in [9.17, 15) is 0 Å². The van der Waals surface area contributed by atoms with Gasteiger partial charge in [0.25, 0.3) is 0 Å². The fraction of sp³-hybridized carbons (Fsp3) is 0.118. The zero-order valence-electron chi connectivity index (χ0n) is 11.3. The third-order valence-corrected chi connectivity index (χ3v) is 4.09. The van der Waals surface area contributed by atoms with E-state index in [0.717, 1.165) is 51.3 Å². The Morgan fingerprint density at radius 2 is 1.90 bits per heavy atom. The lowest BCUT2D eigenvalue weighted by Crippen LogP contribution is -2.20. The van der Waals surface area contributed by atoms with E-state index in [2.05, 4.69) is 50.5 Å². The molecule has 0 saturated heterocycles. The van der Waals surface area contributed by atoms with Crippen LogP contribution in [0.25, 0.3) is 22.3 Å². The number of hydrogen-bond donors (Lipinski definition) is 1. The summed E-state index contributed by atoms with van der Waals surface area (Å²) in [7, 11) is 0. The number of aliphatic imine (C=N–C) groups is 1. The molecule has 4 rings (SSSR count). The van der Waals surface area contributed by atoms with Crippen LogP contribution in [0.15, 0.2) is 62.4 Å². The molecule has 1 aromatic heterocycles. The first kappa shape index (κ1) is 12.7. The third-order valence-electron chi connectivity index (χ3n) is 3.60. The van der Waals surface area contributed by atoms with Crippen LogP contribution in [0.1, 0.15) is 5.56 Å². The van der Waals surface area contributed by atoms with Crippen LogP contribution in [-0.2, 0) is 0 Å². The summed E-state index contributed by atoms with van der Waals surface area (Å²) in [6, 6.07) is 16.3. The van der Waals surface area contributed by atoms with E-state index in [1.807, 2.05) is 24.3 Å². The number of hydrogen-bond acceptors (Lipinski definition) is 3. The molecule has 0 bridgehead atoms. The van der Waals surface area contributed by atoms with Crippen LogP contribution < -0.4 is 5.32 Å². The summed E-state index contributed by atoms with van der Waals surface area (Å²) < 4.78 is 7.06. The predicted molar refractivity (Wildman–Crippen MR) is 88.8 cm³/mol. The summed E-state index contributed by atoms with van der Waals surface area (Å²) in [5, 5.41) is 4.42. The van der Waals surface area contributed by atoms with Crippen LogP contribution >= 0.6 is 15.9 Å². The Kier molecular flexibility index (Phi) is 3.04. The molecule has 1 aliphatic heterocycles. The van der Waals surface area contributed by atoms with Crippen molar-refractivity contribution in [1.82, 2.24) is 5.32 Å². The summed E-state index contributed by atoms with van der Waals surface area (Å²) >= 11 is 3.50. The average Bonchev–Trinajstić information content (AvgIpc) is 3.16. The minimum absolute atomic E-state index is 0.830. The van der Waals surface area contributed by atoms with Crippen molar-refractivity contribution in [2.75, 3.05) is 13.1 Å². The predicted octanol–water partition coefficient (Wildman–Crippen LogP) is 4.21. The number of nitrogens with one attached hydrogen (secondary N) is 1. The van der Waals surface area contributed by atoms with Crippen molar-refractivity contribution in [1.29, 1.82) is 0 Å². The molecule has 1 N–H and O–H groups in total. The quantitative estimate of drug-likeness (QED) is 0.758. The van der Waals surface area contributed by atoms with Crippen LogP contribution in [0.4, 0.5) is 0 Å². The first-order chi connectivity index (χ1) is 10.3. The molecule has 0 atom stereocenters. The van der Waals surface area contributed by atoms with Gasteiger partial charge in [-0.1, -0.05) is 40.2 Å². The maximum atomic E-state index is 6.01. The molecule has 2 heterocycles. The Balaban J connectivity index is 1.88. The molecule has 0 aliphatic carbocycles. The van der Waals surface area contributed by atoms with Crippen LogP contribution in [0.2, 0.25) is 0 Å². The largest absolute Gasteiger partial charge is 0.456 e. The molecular weight excluding hydrogens is 328 g/mol.